The van der Waals surface area contributed by atoms with Crippen LogP contribution in [0.5, 0.6) is 0 Å². The molecule has 0 saturated carbocycles. The van der Waals surface area contributed by atoms with E-state index in [9.17, 15) is 14.4 Å². The molecule has 0 radical (unpaired) electrons. The van der Waals surface area contributed by atoms with Crippen molar-refractivity contribution in [3.63, 3.8) is 0 Å². The lowest BCUT2D eigenvalue weighted by atomic mass is 10.1. The number of benzene rings is 1. The SMILES string of the molecule is CCCCn1c(=O)n(CCCc2nc(Cc3ccc(NC(C)=O)cc3)no2)c(=O)c2[nH]c(Cl)nc21. The molecule has 0 fully saturated rings. The first-order chi connectivity index (χ1) is 16.9. The molecular formula is C23H26ClN7O4. The minimum absolute atomic E-state index is 0.0719. The first kappa shape index (κ1) is 24.4. The first-order valence-electron chi connectivity index (χ1n) is 11.4. The number of aromatic nitrogens is 6. The average molecular weight is 500 g/mol. The minimum Gasteiger partial charge on any atom is -0.339 e. The standard InChI is InChI=1S/C23H26ClN7O4/c1-3-4-11-30-20-19(27-22(24)28-20)21(33)31(23(30)34)12-5-6-18-26-17(29-35-18)13-15-7-9-16(10-8-15)25-14(2)32/h7-10H,3-6,11-13H2,1-2H3,(H,25,32)(H,27,28). The zero-order valence-electron chi connectivity index (χ0n) is 19.5. The molecule has 0 atom stereocenters. The van der Waals surface area contributed by atoms with Crippen LogP contribution >= 0.6 is 11.6 Å². The fourth-order valence-corrected chi connectivity index (χ4v) is 3.97. The molecule has 4 rings (SSSR count). The highest BCUT2D eigenvalue weighted by Gasteiger charge is 2.17. The van der Waals surface area contributed by atoms with Gasteiger partial charge in [-0.2, -0.15) is 9.97 Å². The molecule has 0 unspecified atom stereocenters. The number of hydrogen-bond acceptors (Lipinski definition) is 7. The van der Waals surface area contributed by atoms with Gasteiger partial charge in [-0.15, -0.1) is 0 Å². The lowest BCUT2D eigenvalue weighted by molar-refractivity contribution is -0.114. The van der Waals surface area contributed by atoms with Crippen molar-refractivity contribution < 1.29 is 9.32 Å². The number of halogens is 1. The highest BCUT2D eigenvalue weighted by Crippen LogP contribution is 2.14. The van der Waals surface area contributed by atoms with Crippen molar-refractivity contribution in [3.8, 4) is 0 Å². The molecule has 4 aromatic rings. The average Bonchev–Trinajstić information content (AvgIpc) is 3.43. The Balaban J connectivity index is 1.42. The van der Waals surface area contributed by atoms with Gasteiger partial charge in [0.1, 0.15) is 0 Å². The van der Waals surface area contributed by atoms with Gasteiger partial charge < -0.3 is 14.8 Å². The summed E-state index contributed by atoms with van der Waals surface area (Å²) in [5, 5.41) is 6.81. The monoisotopic (exact) mass is 499 g/mol. The molecule has 2 N–H and O–H groups in total. The number of nitrogens with zero attached hydrogens (tertiary/aromatic N) is 5. The maximum atomic E-state index is 13.0. The molecule has 0 saturated heterocycles. The van der Waals surface area contributed by atoms with Gasteiger partial charge in [0.05, 0.1) is 0 Å². The molecule has 0 aliphatic heterocycles. The van der Waals surface area contributed by atoms with Crippen LogP contribution in [0.3, 0.4) is 0 Å². The Bertz CT molecular complexity index is 1450. The van der Waals surface area contributed by atoms with Crippen LogP contribution in [0.25, 0.3) is 11.2 Å². The van der Waals surface area contributed by atoms with E-state index in [0.29, 0.717) is 37.5 Å². The van der Waals surface area contributed by atoms with Crippen molar-refractivity contribution in [2.75, 3.05) is 5.32 Å². The van der Waals surface area contributed by atoms with Crippen molar-refractivity contribution in [2.45, 2.75) is 59.0 Å². The summed E-state index contributed by atoms with van der Waals surface area (Å²) in [7, 11) is 0. The summed E-state index contributed by atoms with van der Waals surface area (Å²) in [5.41, 5.74) is 1.32. The molecule has 0 aliphatic carbocycles. The number of unbranched alkanes of at least 4 members (excludes halogenated alkanes) is 1. The van der Waals surface area contributed by atoms with Crippen LogP contribution in [0.2, 0.25) is 5.28 Å². The lowest BCUT2D eigenvalue weighted by Crippen LogP contribution is -2.40. The summed E-state index contributed by atoms with van der Waals surface area (Å²) in [6.45, 7) is 4.12. The number of fused-ring (bicyclic) bond motifs is 1. The van der Waals surface area contributed by atoms with Crippen molar-refractivity contribution in [1.29, 1.82) is 0 Å². The fraction of sp³-hybridized carbons (Fsp3) is 0.391. The highest BCUT2D eigenvalue weighted by atomic mass is 35.5. The molecule has 3 heterocycles. The molecule has 35 heavy (non-hydrogen) atoms. The van der Waals surface area contributed by atoms with Crippen molar-refractivity contribution in [1.82, 2.24) is 29.2 Å². The van der Waals surface area contributed by atoms with Crippen LogP contribution in [0.1, 0.15) is 50.4 Å². The second-order valence-corrected chi connectivity index (χ2v) is 8.59. The third kappa shape index (κ3) is 5.68. The van der Waals surface area contributed by atoms with Crippen LogP contribution in [0.4, 0.5) is 5.69 Å². The van der Waals surface area contributed by atoms with Crippen LogP contribution in [0, 0.1) is 0 Å². The predicted octanol–water partition coefficient (Wildman–Crippen LogP) is 2.90. The Morgan fingerprint density at radius 3 is 2.57 bits per heavy atom. The van der Waals surface area contributed by atoms with Crippen LogP contribution < -0.4 is 16.6 Å². The number of amides is 1. The minimum atomic E-state index is -0.453. The molecular weight excluding hydrogens is 474 g/mol. The normalized spacial score (nSPS) is 11.3. The highest BCUT2D eigenvalue weighted by molar-refractivity contribution is 6.28. The number of H-pyrrole nitrogens is 1. The van der Waals surface area contributed by atoms with Crippen molar-refractivity contribution in [2.24, 2.45) is 0 Å². The van der Waals surface area contributed by atoms with Gasteiger partial charge in [0.15, 0.2) is 17.0 Å². The van der Waals surface area contributed by atoms with Gasteiger partial charge in [0.2, 0.25) is 17.1 Å². The molecule has 0 bridgehead atoms. The quantitative estimate of drug-likeness (QED) is 0.319. The summed E-state index contributed by atoms with van der Waals surface area (Å²) in [4.78, 5) is 48.3. The smallest absolute Gasteiger partial charge is 0.332 e. The number of rotatable bonds is 10. The summed E-state index contributed by atoms with van der Waals surface area (Å²) in [6, 6.07) is 7.39. The van der Waals surface area contributed by atoms with Gasteiger partial charge in [-0.05, 0) is 42.1 Å². The molecule has 1 amide bonds. The zero-order valence-corrected chi connectivity index (χ0v) is 20.3. The molecule has 3 aromatic heterocycles. The number of aryl methyl sites for hydroxylation is 2. The largest absolute Gasteiger partial charge is 0.339 e. The maximum absolute atomic E-state index is 13.0. The Morgan fingerprint density at radius 1 is 1.11 bits per heavy atom. The van der Waals surface area contributed by atoms with E-state index in [0.717, 1.165) is 24.1 Å². The van der Waals surface area contributed by atoms with Crippen molar-refractivity contribution >= 4 is 34.4 Å². The Hall–Kier alpha value is -3.73. The summed E-state index contributed by atoms with van der Waals surface area (Å²) >= 11 is 5.96. The van der Waals surface area contributed by atoms with E-state index >= 15 is 0 Å². The summed E-state index contributed by atoms with van der Waals surface area (Å²) < 4.78 is 8.03. The number of carbonyl (C=O) groups excluding carboxylic acids is 1. The summed E-state index contributed by atoms with van der Waals surface area (Å²) in [6.07, 6.45) is 3.02. The van der Waals surface area contributed by atoms with Gasteiger partial charge in [-0.3, -0.25) is 18.7 Å². The van der Waals surface area contributed by atoms with E-state index in [1.54, 1.807) is 0 Å². The Kier molecular flexibility index (Phi) is 7.45. The van der Waals surface area contributed by atoms with E-state index < -0.39 is 11.2 Å². The number of hydrogen-bond donors (Lipinski definition) is 2. The summed E-state index contributed by atoms with van der Waals surface area (Å²) in [5.74, 6) is 0.829. The number of anilines is 1. The molecule has 12 heteroatoms. The van der Waals surface area contributed by atoms with Crippen LogP contribution in [-0.2, 0) is 30.7 Å². The Morgan fingerprint density at radius 2 is 1.86 bits per heavy atom. The molecule has 0 aliphatic rings. The maximum Gasteiger partial charge on any atom is 0.332 e. The molecule has 184 valence electrons. The number of carbonyl (C=O) groups is 1. The van der Waals surface area contributed by atoms with E-state index in [2.05, 4.69) is 25.4 Å². The van der Waals surface area contributed by atoms with Crippen LogP contribution in [-0.4, -0.2) is 35.1 Å². The first-order valence-corrected chi connectivity index (χ1v) is 11.8. The number of imidazole rings is 1. The second-order valence-electron chi connectivity index (χ2n) is 8.23. The lowest BCUT2D eigenvalue weighted by Gasteiger charge is -2.10. The Labute approximate surface area is 205 Å². The van der Waals surface area contributed by atoms with Gasteiger partial charge in [-0.25, -0.2) is 4.79 Å². The van der Waals surface area contributed by atoms with Crippen LogP contribution in [0.15, 0.2) is 38.4 Å². The predicted molar refractivity (Wildman–Crippen MR) is 131 cm³/mol. The van der Waals surface area contributed by atoms with E-state index in [4.69, 9.17) is 16.1 Å². The van der Waals surface area contributed by atoms with E-state index in [1.165, 1.54) is 16.1 Å². The van der Waals surface area contributed by atoms with Gasteiger partial charge in [0.25, 0.3) is 5.56 Å². The fourth-order valence-electron chi connectivity index (χ4n) is 3.80. The van der Waals surface area contributed by atoms with Crippen molar-refractivity contribution in [3.05, 3.63) is 67.7 Å². The second kappa shape index (κ2) is 10.7. The van der Waals surface area contributed by atoms with E-state index in [1.807, 2.05) is 31.2 Å². The topological polar surface area (TPSA) is 141 Å². The molecule has 0 spiro atoms. The third-order valence-corrected chi connectivity index (χ3v) is 5.67. The molecule has 1 aromatic carbocycles. The molecule has 11 nitrogen and oxygen atoms in total. The third-order valence-electron chi connectivity index (χ3n) is 5.49. The van der Waals surface area contributed by atoms with E-state index in [-0.39, 0.29) is 28.9 Å². The van der Waals surface area contributed by atoms with Gasteiger partial charge in [-0.1, -0.05) is 30.6 Å². The number of aromatic amines is 1. The number of nitrogens with one attached hydrogen (secondary N) is 2. The van der Waals surface area contributed by atoms with Gasteiger partial charge >= 0.3 is 5.69 Å². The van der Waals surface area contributed by atoms with Gasteiger partial charge in [0, 0.05) is 38.5 Å². The zero-order chi connectivity index (χ0) is 24.9.